The molecule has 0 aliphatic carbocycles. The van der Waals surface area contributed by atoms with E-state index in [0.29, 0.717) is 11.4 Å². The quantitative estimate of drug-likeness (QED) is 0.397. The Kier molecular flexibility index (Phi) is 5.91. The first-order valence-corrected chi connectivity index (χ1v) is 10.5. The van der Waals surface area contributed by atoms with Crippen LogP contribution in [0.25, 0.3) is 10.9 Å². The van der Waals surface area contributed by atoms with Crippen LogP contribution in [0.2, 0.25) is 5.02 Å². The second-order valence-electron chi connectivity index (χ2n) is 7.72. The van der Waals surface area contributed by atoms with Crippen molar-refractivity contribution in [2.75, 3.05) is 0 Å². The molecule has 4 rings (SSSR count). The van der Waals surface area contributed by atoms with E-state index in [1.54, 1.807) is 0 Å². The van der Waals surface area contributed by atoms with Crippen LogP contribution in [0, 0.1) is 0 Å². The summed E-state index contributed by atoms with van der Waals surface area (Å²) in [4.78, 5) is 13.0. The molecule has 4 heteroatoms. The van der Waals surface area contributed by atoms with Gasteiger partial charge in [0.25, 0.3) is 0 Å². The minimum atomic E-state index is -0.0589. The number of rotatable bonds is 6. The molecular weight excluding hydrogens is 392 g/mol. The highest BCUT2D eigenvalue weighted by Gasteiger charge is 2.23. The maximum atomic E-state index is 13.0. The average molecular weight is 417 g/mol. The van der Waals surface area contributed by atoms with Gasteiger partial charge in [-0.25, -0.2) is 0 Å². The van der Waals surface area contributed by atoms with Gasteiger partial charge < -0.3 is 9.88 Å². The number of fused-ring (bicyclic) bond motifs is 1. The summed E-state index contributed by atoms with van der Waals surface area (Å²) in [5.74, 6) is -0.0319. The molecule has 1 amide bonds. The van der Waals surface area contributed by atoms with Crippen molar-refractivity contribution in [2.24, 2.45) is 7.05 Å². The number of hydrogen-bond acceptors (Lipinski definition) is 1. The molecule has 0 radical (unpaired) electrons. The summed E-state index contributed by atoms with van der Waals surface area (Å²) in [6.07, 6.45) is 2.50. The van der Waals surface area contributed by atoms with Gasteiger partial charge >= 0.3 is 0 Å². The monoisotopic (exact) mass is 416 g/mol. The fourth-order valence-electron chi connectivity index (χ4n) is 4.06. The van der Waals surface area contributed by atoms with Gasteiger partial charge in [0.1, 0.15) is 0 Å². The van der Waals surface area contributed by atoms with E-state index in [2.05, 4.69) is 28.2 Å². The van der Waals surface area contributed by atoms with Crippen molar-refractivity contribution in [3.8, 4) is 0 Å². The van der Waals surface area contributed by atoms with Gasteiger partial charge in [-0.15, -0.1) is 0 Å². The first-order chi connectivity index (χ1) is 14.5. The van der Waals surface area contributed by atoms with Crippen molar-refractivity contribution in [2.45, 2.75) is 25.3 Å². The third-order valence-electron chi connectivity index (χ3n) is 5.64. The Morgan fingerprint density at radius 2 is 1.60 bits per heavy atom. The summed E-state index contributed by atoms with van der Waals surface area (Å²) < 4.78 is 2.12. The van der Waals surface area contributed by atoms with Crippen LogP contribution >= 0.6 is 11.6 Å². The summed E-state index contributed by atoms with van der Waals surface area (Å²) in [6, 6.07) is 26.1. The summed E-state index contributed by atoms with van der Waals surface area (Å²) >= 11 is 6.12. The Balaban J connectivity index is 1.66. The predicted octanol–water partition coefficient (Wildman–Crippen LogP) is 6.23. The summed E-state index contributed by atoms with van der Waals surface area (Å²) in [6.45, 7) is 2.02. The molecule has 4 aromatic rings. The molecule has 0 saturated heterocycles. The molecule has 1 heterocycles. The van der Waals surface area contributed by atoms with Crippen LogP contribution < -0.4 is 5.32 Å². The van der Waals surface area contributed by atoms with Crippen LogP contribution in [0.5, 0.6) is 0 Å². The highest BCUT2D eigenvalue weighted by atomic mass is 35.5. The van der Waals surface area contributed by atoms with Gasteiger partial charge in [0.2, 0.25) is 5.91 Å². The van der Waals surface area contributed by atoms with Crippen LogP contribution in [-0.4, -0.2) is 10.5 Å². The second kappa shape index (κ2) is 8.76. The molecule has 0 fully saturated rings. The van der Waals surface area contributed by atoms with Gasteiger partial charge in [-0.3, -0.25) is 4.79 Å². The van der Waals surface area contributed by atoms with Crippen LogP contribution in [0.3, 0.4) is 0 Å². The SMILES string of the molecule is C[C@H](NC(=O)C[C@@H](c1ccc(Cl)cc1)c1cn(C)c2ccccc12)c1ccccc1. The second-order valence-corrected chi connectivity index (χ2v) is 8.16. The molecule has 1 aromatic heterocycles. The fourth-order valence-corrected chi connectivity index (χ4v) is 4.19. The van der Waals surface area contributed by atoms with Crippen LogP contribution in [-0.2, 0) is 11.8 Å². The first-order valence-electron chi connectivity index (χ1n) is 10.2. The van der Waals surface area contributed by atoms with E-state index in [4.69, 9.17) is 11.6 Å². The van der Waals surface area contributed by atoms with Crippen LogP contribution in [0.1, 0.15) is 42.0 Å². The maximum absolute atomic E-state index is 13.0. The van der Waals surface area contributed by atoms with Gasteiger partial charge in [0.15, 0.2) is 0 Å². The molecule has 0 aliphatic rings. The molecule has 0 saturated carbocycles. The molecule has 3 aromatic carbocycles. The van der Waals surface area contributed by atoms with Crippen molar-refractivity contribution in [3.63, 3.8) is 0 Å². The fraction of sp³-hybridized carbons (Fsp3) is 0.192. The lowest BCUT2D eigenvalue weighted by Crippen LogP contribution is -2.28. The Morgan fingerprint density at radius 3 is 2.33 bits per heavy atom. The first kappa shape index (κ1) is 20.2. The van der Waals surface area contributed by atoms with Crippen molar-refractivity contribution in [1.29, 1.82) is 0 Å². The van der Waals surface area contributed by atoms with Gasteiger partial charge in [-0.05, 0) is 41.8 Å². The van der Waals surface area contributed by atoms with E-state index in [0.717, 1.165) is 22.2 Å². The lowest BCUT2D eigenvalue weighted by molar-refractivity contribution is -0.121. The third kappa shape index (κ3) is 4.27. The lowest BCUT2D eigenvalue weighted by Gasteiger charge is -2.20. The zero-order chi connectivity index (χ0) is 21.1. The highest BCUT2D eigenvalue weighted by Crippen LogP contribution is 2.35. The number of benzene rings is 3. The van der Waals surface area contributed by atoms with E-state index >= 15 is 0 Å². The highest BCUT2D eigenvalue weighted by molar-refractivity contribution is 6.30. The Labute approximate surface area is 182 Å². The van der Waals surface area contributed by atoms with E-state index in [9.17, 15) is 4.79 Å². The zero-order valence-corrected chi connectivity index (χ0v) is 17.9. The zero-order valence-electron chi connectivity index (χ0n) is 17.2. The Morgan fingerprint density at radius 1 is 0.933 bits per heavy atom. The molecule has 3 nitrogen and oxygen atoms in total. The number of carbonyl (C=O) groups excluding carboxylic acids is 1. The van der Waals surface area contributed by atoms with Crippen LogP contribution in [0.4, 0.5) is 0 Å². The number of nitrogens with zero attached hydrogens (tertiary/aromatic N) is 1. The number of halogens is 1. The number of para-hydroxylation sites is 1. The number of amides is 1. The molecule has 2 atom stereocenters. The summed E-state index contributed by atoms with van der Waals surface area (Å²) in [5.41, 5.74) is 4.49. The molecule has 152 valence electrons. The summed E-state index contributed by atoms with van der Waals surface area (Å²) in [5, 5.41) is 5.02. The van der Waals surface area contributed by atoms with E-state index < -0.39 is 0 Å². The minimum absolute atomic E-state index is 0.0271. The molecule has 0 bridgehead atoms. The van der Waals surface area contributed by atoms with Gasteiger partial charge in [-0.2, -0.15) is 0 Å². The van der Waals surface area contributed by atoms with Crippen molar-refractivity contribution >= 4 is 28.4 Å². The predicted molar refractivity (Wildman–Crippen MR) is 124 cm³/mol. The topological polar surface area (TPSA) is 34.0 Å². The Hall–Kier alpha value is -3.04. The average Bonchev–Trinajstić information content (AvgIpc) is 3.10. The lowest BCUT2D eigenvalue weighted by atomic mass is 9.88. The minimum Gasteiger partial charge on any atom is -0.350 e. The van der Waals surface area contributed by atoms with E-state index in [-0.39, 0.29) is 17.9 Å². The number of carbonyl (C=O) groups is 1. The molecule has 0 unspecified atom stereocenters. The molecular formula is C26H25ClN2O. The van der Waals surface area contributed by atoms with Crippen molar-refractivity contribution in [3.05, 3.63) is 107 Å². The van der Waals surface area contributed by atoms with Crippen LogP contribution in [0.15, 0.2) is 85.1 Å². The summed E-state index contributed by atoms with van der Waals surface area (Å²) in [7, 11) is 2.04. The van der Waals surface area contributed by atoms with Crippen molar-refractivity contribution in [1.82, 2.24) is 9.88 Å². The Bertz CT molecular complexity index is 1150. The molecule has 0 spiro atoms. The molecule has 30 heavy (non-hydrogen) atoms. The van der Waals surface area contributed by atoms with Gasteiger partial charge in [0.05, 0.1) is 6.04 Å². The third-order valence-corrected chi connectivity index (χ3v) is 5.89. The number of aryl methyl sites for hydroxylation is 1. The van der Waals surface area contributed by atoms with Crippen molar-refractivity contribution < 1.29 is 4.79 Å². The smallest absolute Gasteiger partial charge is 0.221 e. The number of hydrogen-bond donors (Lipinski definition) is 1. The maximum Gasteiger partial charge on any atom is 0.221 e. The number of nitrogens with one attached hydrogen (secondary N) is 1. The number of aromatic nitrogens is 1. The molecule has 1 N–H and O–H groups in total. The van der Waals surface area contributed by atoms with E-state index in [1.807, 2.05) is 80.7 Å². The van der Waals surface area contributed by atoms with Gasteiger partial charge in [-0.1, -0.05) is 72.3 Å². The largest absolute Gasteiger partial charge is 0.350 e. The van der Waals surface area contributed by atoms with Gasteiger partial charge in [0, 0.05) is 41.5 Å². The standard InChI is InChI=1S/C26H25ClN2O/c1-18(19-8-4-3-5-9-19)28-26(30)16-23(20-12-14-21(27)15-13-20)24-17-29(2)25-11-7-6-10-22(24)25/h3-15,17-18,23H,16H2,1-2H3,(H,28,30)/t18-,23-/m0/s1. The normalized spacial score (nSPS) is 13.2. The molecule has 0 aliphatic heterocycles. The van der Waals surface area contributed by atoms with E-state index in [1.165, 1.54) is 5.39 Å².